The van der Waals surface area contributed by atoms with Gasteiger partial charge >= 0.3 is 0 Å². The molecule has 2 unspecified atom stereocenters. The minimum Gasteiger partial charge on any atom is -0.378 e. The number of ether oxygens (including phenoxy) is 1. The maximum Gasteiger partial charge on any atom is 0.123 e. The summed E-state index contributed by atoms with van der Waals surface area (Å²) in [6, 6.07) is 5.00. The quantitative estimate of drug-likeness (QED) is 0.892. The first-order valence-corrected chi connectivity index (χ1v) is 7.60. The number of benzene rings is 1. The smallest absolute Gasteiger partial charge is 0.123 e. The molecule has 1 aromatic rings. The standard InChI is InChI=1S/C16H23ClFNO/c1-11(2)19-10-16(6-7-20-12(16)3)9-13-8-14(18)4-5-15(13)17/h4-5,8,11-12,19H,6-7,9-10H2,1-3H3. The molecule has 1 aliphatic heterocycles. The van der Waals surface area contributed by atoms with Gasteiger partial charge in [-0.1, -0.05) is 25.4 Å². The molecule has 1 fully saturated rings. The molecule has 4 heteroatoms. The third-order valence-electron chi connectivity index (χ3n) is 4.24. The van der Waals surface area contributed by atoms with Crippen LogP contribution in [-0.2, 0) is 11.2 Å². The third kappa shape index (κ3) is 3.51. The van der Waals surface area contributed by atoms with Crippen molar-refractivity contribution in [3.8, 4) is 0 Å². The molecule has 0 saturated carbocycles. The van der Waals surface area contributed by atoms with E-state index in [1.807, 2.05) is 0 Å². The molecule has 2 atom stereocenters. The Morgan fingerprint density at radius 3 is 2.85 bits per heavy atom. The molecular weight excluding hydrogens is 277 g/mol. The second kappa shape index (κ2) is 6.42. The largest absolute Gasteiger partial charge is 0.378 e. The predicted molar refractivity (Wildman–Crippen MR) is 80.7 cm³/mol. The monoisotopic (exact) mass is 299 g/mol. The second-order valence-corrected chi connectivity index (χ2v) is 6.48. The van der Waals surface area contributed by atoms with Crippen LogP contribution in [0.2, 0.25) is 5.02 Å². The van der Waals surface area contributed by atoms with E-state index in [0.717, 1.165) is 31.6 Å². The normalized spacial score (nSPS) is 26.4. The van der Waals surface area contributed by atoms with Crippen molar-refractivity contribution in [3.63, 3.8) is 0 Å². The Bertz CT molecular complexity index is 466. The highest BCUT2D eigenvalue weighted by Crippen LogP contribution is 2.39. The van der Waals surface area contributed by atoms with E-state index in [-0.39, 0.29) is 17.3 Å². The van der Waals surface area contributed by atoms with Crippen molar-refractivity contribution in [2.45, 2.75) is 45.8 Å². The van der Waals surface area contributed by atoms with Crippen LogP contribution in [0.3, 0.4) is 0 Å². The summed E-state index contributed by atoms with van der Waals surface area (Å²) in [7, 11) is 0. The van der Waals surface area contributed by atoms with Crippen molar-refractivity contribution in [1.29, 1.82) is 0 Å². The minimum absolute atomic E-state index is 0.0122. The molecule has 112 valence electrons. The van der Waals surface area contributed by atoms with Crippen molar-refractivity contribution in [3.05, 3.63) is 34.6 Å². The summed E-state index contributed by atoms with van der Waals surface area (Å²) in [5, 5.41) is 4.13. The van der Waals surface area contributed by atoms with Crippen LogP contribution in [0.15, 0.2) is 18.2 Å². The fourth-order valence-electron chi connectivity index (χ4n) is 2.81. The lowest BCUT2D eigenvalue weighted by atomic mass is 9.76. The Labute approximate surface area is 125 Å². The fourth-order valence-corrected chi connectivity index (χ4v) is 3.00. The third-order valence-corrected chi connectivity index (χ3v) is 4.61. The van der Waals surface area contributed by atoms with Gasteiger partial charge in [-0.15, -0.1) is 0 Å². The van der Waals surface area contributed by atoms with Crippen LogP contribution >= 0.6 is 11.6 Å². The Morgan fingerprint density at radius 2 is 2.25 bits per heavy atom. The van der Waals surface area contributed by atoms with Crippen LogP contribution in [0.4, 0.5) is 4.39 Å². The molecule has 2 rings (SSSR count). The summed E-state index contributed by atoms with van der Waals surface area (Å²) in [5.74, 6) is -0.233. The Morgan fingerprint density at radius 1 is 1.50 bits per heavy atom. The van der Waals surface area contributed by atoms with Crippen LogP contribution < -0.4 is 5.32 Å². The average Bonchev–Trinajstić information content (AvgIpc) is 2.73. The number of rotatable bonds is 5. The van der Waals surface area contributed by atoms with Crippen LogP contribution in [0.25, 0.3) is 0 Å². The molecular formula is C16H23ClFNO. The maximum atomic E-state index is 13.5. The summed E-state index contributed by atoms with van der Waals surface area (Å²) in [5.41, 5.74) is 0.858. The van der Waals surface area contributed by atoms with Gasteiger partial charge in [-0.05, 0) is 43.5 Å². The molecule has 0 aliphatic carbocycles. The predicted octanol–water partition coefficient (Wildman–Crippen LogP) is 3.81. The van der Waals surface area contributed by atoms with Crippen LogP contribution in [0.5, 0.6) is 0 Å². The molecule has 1 aliphatic rings. The van der Waals surface area contributed by atoms with Gasteiger partial charge < -0.3 is 10.1 Å². The molecule has 0 aromatic heterocycles. The van der Waals surface area contributed by atoms with Crippen molar-refractivity contribution in [1.82, 2.24) is 5.32 Å². The van der Waals surface area contributed by atoms with E-state index < -0.39 is 0 Å². The zero-order chi connectivity index (χ0) is 14.8. The first kappa shape index (κ1) is 15.7. The molecule has 1 aromatic carbocycles. The highest BCUT2D eigenvalue weighted by atomic mass is 35.5. The van der Waals surface area contributed by atoms with E-state index in [1.54, 1.807) is 12.1 Å². The van der Waals surface area contributed by atoms with Crippen molar-refractivity contribution in [2.24, 2.45) is 5.41 Å². The highest BCUT2D eigenvalue weighted by molar-refractivity contribution is 6.31. The molecule has 0 radical (unpaired) electrons. The van der Waals surface area contributed by atoms with Gasteiger partial charge in [-0.25, -0.2) is 4.39 Å². The highest BCUT2D eigenvalue weighted by Gasteiger charge is 2.41. The van der Waals surface area contributed by atoms with Gasteiger partial charge in [0.15, 0.2) is 0 Å². The molecule has 20 heavy (non-hydrogen) atoms. The lowest BCUT2D eigenvalue weighted by Crippen LogP contribution is -2.43. The topological polar surface area (TPSA) is 21.3 Å². The SMILES string of the molecule is CC(C)NCC1(Cc2cc(F)ccc2Cl)CCOC1C. The van der Waals surface area contributed by atoms with Crippen molar-refractivity contribution < 1.29 is 9.13 Å². The van der Waals surface area contributed by atoms with Gasteiger partial charge in [0.25, 0.3) is 0 Å². The second-order valence-electron chi connectivity index (χ2n) is 6.07. The number of hydrogen-bond donors (Lipinski definition) is 1. The zero-order valence-corrected chi connectivity index (χ0v) is 13.1. The number of nitrogens with one attached hydrogen (secondary N) is 1. The number of hydrogen-bond acceptors (Lipinski definition) is 2. The van der Waals surface area contributed by atoms with E-state index in [2.05, 4.69) is 26.1 Å². The van der Waals surface area contributed by atoms with Crippen LogP contribution in [-0.4, -0.2) is 25.3 Å². The molecule has 0 amide bonds. The van der Waals surface area contributed by atoms with Gasteiger partial charge in [-0.2, -0.15) is 0 Å². The Balaban J connectivity index is 2.21. The van der Waals surface area contributed by atoms with Gasteiger partial charge in [0.1, 0.15) is 5.82 Å². The minimum atomic E-state index is -0.233. The first-order chi connectivity index (χ1) is 9.43. The Kier molecular flexibility index (Phi) is 5.05. The zero-order valence-electron chi connectivity index (χ0n) is 12.4. The summed E-state index contributed by atoms with van der Waals surface area (Å²) >= 11 is 6.22. The van der Waals surface area contributed by atoms with Crippen LogP contribution in [0.1, 0.15) is 32.8 Å². The maximum absolute atomic E-state index is 13.5. The van der Waals surface area contributed by atoms with Gasteiger partial charge in [0.05, 0.1) is 6.10 Å². The summed E-state index contributed by atoms with van der Waals surface area (Å²) < 4.78 is 19.2. The van der Waals surface area contributed by atoms with Crippen molar-refractivity contribution in [2.75, 3.05) is 13.2 Å². The molecule has 0 spiro atoms. The van der Waals surface area contributed by atoms with Gasteiger partial charge in [0, 0.05) is 29.6 Å². The van der Waals surface area contributed by atoms with E-state index in [4.69, 9.17) is 16.3 Å². The van der Waals surface area contributed by atoms with Gasteiger partial charge in [-0.3, -0.25) is 0 Å². The van der Waals surface area contributed by atoms with E-state index in [9.17, 15) is 4.39 Å². The number of halogens is 2. The summed E-state index contributed by atoms with van der Waals surface area (Å²) in [6.07, 6.45) is 1.86. The van der Waals surface area contributed by atoms with Gasteiger partial charge in [0.2, 0.25) is 0 Å². The molecule has 1 saturated heterocycles. The summed E-state index contributed by atoms with van der Waals surface area (Å²) in [6.45, 7) is 7.97. The average molecular weight is 300 g/mol. The molecule has 2 nitrogen and oxygen atoms in total. The summed E-state index contributed by atoms with van der Waals surface area (Å²) in [4.78, 5) is 0. The van der Waals surface area contributed by atoms with E-state index >= 15 is 0 Å². The van der Waals surface area contributed by atoms with E-state index in [1.165, 1.54) is 6.07 Å². The lowest BCUT2D eigenvalue weighted by molar-refractivity contribution is 0.0620. The first-order valence-electron chi connectivity index (χ1n) is 7.22. The lowest BCUT2D eigenvalue weighted by Gasteiger charge is -2.34. The molecule has 1 N–H and O–H groups in total. The van der Waals surface area contributed by atoms with E-state index in [0.29, 0.717) is 11.1 Å². The fraction of sp³-hybridized carbons (Fsp3) is 0.625. The molecule has 0 bridgehead atoms. The van der Waals surface area contributed by atoms with Crippen molar-refractivity contribution >= 4 is 11.6 Å². The van der Waals surface area contributed by atoms with Crippen LogP contribution in [0, 0.1) is 11.2 Å². The Hall–Kier alpha value is -0.640. The molecule has 1 heterocycles.